The molecule has 1 aromatic carbocycles. The Morgan fingerprint density at radius 1 is 1.21 bits per heavy atom. The van der Waals surface area contributed by atoms with Crippen LogP contribution in [0.2, 0.25) is 0 Å². The van der Waals surface area contributed by atoms with Gasteiger partial charge in [-0.15, -0.1) is 0 Å². The fraction of sp³-hybridized carbons (Fsp3) is 0.500. The number of rotatable bonds is 2. The summed E-state index contributed by atoms with van der Waals surface area (Å²) in [5.74, 6) is -0.389. The number of aromatic amines is 1. The lowest BCUT2D eigenvalue weighted by molar-refractivity contribution is -0.143. The van der Waals surface area contributed by atoms with Crippen LogP contribution < -0.4 is 0 Å². The van der Waals surface area contributed by atoms with Gasteiger partial charge in [0.2, 0.25) is 5.91 Å². The summed E-state index contributed by atoms with van der Waals surface area (Å²) >= 11 is 0. The van der Waals surface area contributed by atoms with Crippen molar-refractivity contribution in [1.29, 1.82) is 0 Å². The topological polar surface area (TPSA) is 69.3 Å². The highest BCUT2D eigenvalue weighted by molar-refractivity contribution is 5.94. The first kappa shape index (κ1) is 18.3. The molecule has 1 N–H and O–H groups in total. The Morgan fingerprint density at radius 3 is 2.66 bits per heavy atom. The van der Waals surface area contributed by atoms with Gasteiger partial charge in [-0.2, -0.15) is 0 Å². The quantitative estimate of drug-likeness (QED) is 0.849. The number of likely N-dealkylation sites (tertiary alicyclic amines) is 1. The molecule has 5 rings (SSSR count). The van der Waals surface area contributed by atoms with Crippen LogP contribution in [0.1, 0.15) is 53.0 Å². The van der Waals surface area contributed by atoms with E-state index in [0.717, 1.165) is 36.2 Å². The van der Waals surface area contributed by atoms with Crippen LogP contribution in [0.15, 0.2) is 24.5 Å². The Morgan fingerprint density at radius 2 is 1.97 bits per heavy atom. The van der Waals surface area contributed by atoms with Gasteiger partial charge in [0.05, 0.1) is 23.1 Å². The zero-order valence-electron chi connectivity index (χ0n) is 16.6. The Kier molecular flexibility index (Phi) is 4.22. The number of amides is 2. The van der Waals surface area contributed by atoms with Crippen molar-refractivity contribution in [3.05, 3.63) is 52.9 Å². The first-order chi connectivity index (χ1) is 14.0. The van der Waals surface area contributed by atoms with E-state index in [9.17, 15) is 14.0 Å². The zero-order valence-corrected chi connectivity index (χ0v) is 16.6. The van der Waals surface area contributed by atoms with Gasteiger partial charge in [0.15, 0.2) is 0 Å². The minimum absolute atomic E-state index is 0.113. The summed E-state index contributed by atoms with van der Waals surface area (Å²) in [7, 11) is 0. The molecule has 1 spiro atoms. The fourth-order valence-corrected chi connectivity index (χ4v) is 4.90. The number of piperidine rings is 1. The Hall–Kier alpha value is -2.70. The number of carbonyl (C=O) groups is 2. The number of hydrogen-bond donors (Lipinski definition) is 1. The maximum atomic E-state index is 14.3. The maximum Gasteiger partial charge on any atom is 0.256 e. The van der Waals surface area contributed by atoms with Crippen LogP contribution in [0.4, 0.5) is 4.39 Å². The lowest BCUT2D eigenvalue weighted by atomic mass is 9.78. The molecule has 1 aliphatic carbocycles. The van der Waals surface area contributed by atoms with Crippen LogP contribution in [0.5, 0.6) is 0 Å². The Balaban J connectivity index is 1.41. The molecule has 0 unspecified atom stereocenters. The molecule has 2 amide bonds. The molecule has 29 heavy (non-hydrogen) atoms. The number of aryl methyl sites for hydroxylation is 1. The van der Waals surface area contributed by atoms with Gasteiger partial charge in [0.1, 0.15) is 5.82 Å². The third-order valence-corrected chi connectivity index (χ3v) is 6.69. The van der Waals surface area contributed by atoms with E-state index < -0.39 is 11.4 Å². The molecule has 3 aliphatic rings. The summed E-state index contributed by atoms with van der Waals surface area (Å²) in [4.78, 5) is 37.5. The number of halogens is 1. The molecule has 152 valence electrons. The van der Waals surface area contributed by atoms with Crippen LogP contribution >= 0.6 is 0 Å². The smallest absolute Gasteiger partial charge is 0.256 e. The second-order valence-electron chi connectivity index (χ2n) is 8.55. The zero-order chi connectivity index (χ0) is 20.2. The summed E-state index contributed by atoms with van der Waals surface area (Å²) in [6, 6.07) is 4.72. The molecule has 2 aromatic rings. The fourth-order valence-electron chi connectivity index (χ4n) is 4.90. The molecule has 1 aromatic heterocycles. The van der Waals surface area contributed by atoms with Crippen molar-refractivity contribution in [2.75, 3.05) is 19.6 Å². The van der Waals surface area contributed by atoms with Crippen LogP contribution in [0.3, 0.4) is 0 Å². The molecule has 1 saturated carbocycles. The van der Waals surface area contributed by atoms with Crippen LogP contribution in [0, 0.1) is 18.7 Å². The summed E-state index contributed by atoms with van der Waals surface area (Å²) in [5, 5.41) is 0. The predicted octanol–water partition coefficient (Wildman–Crippen LogP) is 2.78. The number of hydrogen-bond acceptors (Lipinski definition) is 3. The second-order valence-corrected chi connectivity index (χ2v) is 8.55. The third kappa shape index (κ3) is 2.94. The van der Waals surface area contributed by atoms with Gasteiger partial charge in [0.25, 0.3) is 5.91 Å². The van der Waals surface area contributed by atoms with Gasteiger partial charge >= 0.3 is 0 Å². The third-order valence-electron chi connectivity index (χ3n) is 6.69. The molecular formula is C22H25FN4O2. The number of carbonyl (C=O) groups excluding carboxylic acids is 2. The highest BCUT2D eigenvalue weighted by Gasteiger charge is 2.51. The SMILES string of the molecule is Cc1ccc(C(=O)N2CCC3(CC2)c2nc[nH]c2CCN3C(=O)C2CC2)c(F)c1. The summed E-state index contributed by atoms with van der Waals surface area (Å²) < 4.78 is 14.3. The van der Waals surface area contributed by atoms with E-state index in [2.05, 4.69) is 9.97 Å². The minimum atomic E-state index is -0.479. The standard InChI is InChI=1S/C22H25FN4O2/c1-14-2-5-16(17(23)12-14)21(29)26-10-7-22(8-11-26)19-18(24-13-25-19)6-9-27(22)20(28)15-3-4-15/h2,5,12-13,15H,3-4,6-11H2,1H3,(H,24,25). The van der Waals surface area contributed by atoms with Crippen molar-refractivity contribution in [2.24, 2.45) is 5.92 Å². The Labute approximate surface area is 169 Å². The molecule has 0 bridgehead atoms. The van der Waals surface area contributed by atoms with E-state index >= 15 is 0 Å². The van der Waals surface area contributed by atoms with Crippen LogP contribution in [-0.4, -0.2) is 51.2 Å². The van der Waals surface area contributed by atoms with Gasteiger partial charge < -0.3 is 14.8 Å². The number of nitrogens with one attached hydrogen (secondary N) is 1. The van der Waals surface area contributed by atoms with E-state index in [4.69, 9.17) is 0 Å². The predicted molar refractivity (Wildman–Crippen MR) is 105 cm³/mol. The number of H-pyrrole nitrogens is 1. The molecule has 3 heterocycles. The van der Waals surface area contributed by atoms with Gasteiger partial charge in [-0.1, -0.05) is 6.07 Å². The summed E-state index contributed by atoms with van der Waals surface area (Å²) in [5.41, 5.74) is 2.48. The Bertz CT molecular complexity index is 973. The van der Waals surface area contributed by atoms with Gasteiger partial charge in [0, 0.05) is 37.7 Å². The van der Waals surface area contributed by atoms with E-state index in [1.165, 1.54) is 6.07 Å². The van der Waals surface area contributed by atoms with Crippen molar-refractivity contribution in [1.82, 2.24) is 19.8 Å². The number of imidazole rings is 1. The van der Waals surface area contributed by atoms with Crippen molar-refractivity contribution >= 4 is 11.8 Å². The number of fused-ring (bicyclic) bond motifs is 2. The molecular weight excluding hydrogens is 371 g/mol. The van der Waals surface area contributed by atoms with E-state index in [1.807, 2.05) is 4.90 Å². The molecule has 2 fully saturated rings. The largest absolute Gasteiger partial charge is 0.348 e. The number of nitrogens with zero attached hydrogens (tertiary/aromatic N) is 3. The van der Waals surface area contributed by atoms with E-state index in [1.54, 1.807) is 30.3 Å². The van der Waals surface area contributed by atoms with E-state index in [0.29, 0.717) is 32.5 Å². The normalized spacial score (nSPS) is 20.6. The molecule has 7 heteroatoms. The second kappa shape index (κ2) is 6.68. The van der Waals surface area contributed by atoms with Gasteiger partial charge in [-0.3, -0.25) is 9.59 Å². The number of aromatic nitrogens is 2. The summed E-state index contributed by atoms with van der Waals surface area (Å²) in [6.45, 7) is 3.45. The molecule has 6 nitrogen and oxygen atoms in total. The average Bonchev–Trinajstić information content (AvgIpc) is 3.45. The first-order valence-electron chi connectivity index (χ1n) is 10.4. The van der Waals surface area contributed by atoms with Crippen molar-refractivity contribution in [2.45, 2.75) is 44.6 Å². The molecule has 0 radical (unpaired) electrons. The lowest BCUT2D eigenvalue weighted by Crippen LogP contribution is -2.59. The van der Waals surface area contributed by atoms with Crippen molar-refractivity contribution < 1.29 is 14.0 Å². The molecule has 0 atom stereocenters. The van der Waals surface area contributed by atoms with E-state index in [-0.39, 0.29) is 23.3 Å². The van der Waals surface area contributed by atoms with Gasteiger partial charge in [-0.05, 0) is 50.3 Å². The van der Waals surface area contributed by atoms with Crippen molar-refractivity contribution in [3.8, 4) is 0 Å². The first-order valence-corrected chi connectivity index (χ1v) is 10.4. The molecule has 1 saturated heterocycles. The van der Waals surface area contributed by atoms with Gasteiger partial charge in [-0.25, -0.2) is 9.37 Å². The van der Waals surface area contributed by atoms with Crippen LogP contribution in [-0.2, 0) is 16.8 Å². The maximum absolute atomic E-state index is 14.3. The molecule has 2 aliphatic heterocycles. The minimum Gasteiger partial charge on any atom is -0.348 e. The lowest BCUT2D eigenvalue weighted by Gasteiger charge is -2.50. The summed E-state index contributed by atoms with van der Waals surface area (Å²) in [6.07, 6.45) is 5.68. The van der Waals surface area contributed by atoms with Crippen LogP contribution in [0.25, 0.3) is 0 Å². The van der Waals surface area contributed by atoms with Crippen molar-refractivity contribution in [3.63, 3.8) is 0 Å². The highest BCUT2D eigenvalue weighted by Crippen LogP contribution is 2.45. The number of benzene rings is 1. The monoisotopic (exact) mass is 396 g/mol. The average molecular weight is 396 g/mol. The highest BCUT2D eigenvalue weighted by atomic mass is 19.1.